The second-order valence-electron chi connectivity index (χ2n) is 7.14. The minimum absolute atomic E-state index is 0.000570. The van der Waals surface area contributed by atoms with E-state index in [4.69, 9.17) is 9.47 Å². The van der Waals surface area contributed by atoms with Gasteiger partial charge in [0.15, 0.2) is 11.5 Å². The van der Waals surface area contributed by atoms with Crippen molar-refractivity contribution in [1.82, 2.24) is 4.90 Å². The van der Waals surface area contributed by atoms with Gasteiger partial charge in [-0.1, -0.05) is 6.07 Å². The number of thioether (sulfide) groups is 1. The topological polar surface area (TPSA) is 59.1 Å². The number of benzene rings is 2. The van der Waals surface area contributed by atoms with Crippen molar-refractivity contribution in [2.24, 2.45) is 5.92 Å². The highest BCUT2D eigenvalue weighted by Gasteiger charge is 2.37. The summed E-state index contributed by atoms with van der Waals surface area (Å²) < 4.78 is 10.8. The summed E-state index contributed by atoms with van der Waals surface area (Å²) in [6, 6.07) is 13.6. The van der Waals surface area contributed by atoms with Gasteiger partial charge in [-0.2, -0.15) is 0 Å². The Morgan fingerprint density at radius 2 is 1.93 bits per heavy atom. The van der Waals surface area contributed by atoms with Gasteiger partial charge in [0.1, 0.15) is 0 Å². The molecule has 1 atom stereocenters. The van der Waals surface area contributed by atoms with Crippen LogP contribution in [-0.4, -0.2) is 42.9 Å². The van der Waals surface area contributed by atoms with Crippen LogP contribution in [0.15, 0.2) is 47.4 Å². The highest BCUT2D eigenvalue weighted by atomic mass is 32.2. The van der Waals surface area contributed by atoms with Crippen molar-refractivity contribution >= 4 is 29.3 Å². The molecule has 2 heterocycles. The molecule has 1 fully saturated rings. The Kier molecular flexibility index (Phi) is 5.67. The van der Waals surface area contributed by atoms with Crippen LogP contribution in [0.3, 0.4) is 0 Å². The molecule has 2 aromatic rings. The van der Waals surface area contributed by atoms with E-state index >= 15 is 0 Å². The highest BCUT2D eigenvalue weighted by molar-refractivity contribution is 7.98. The fourth-order valence-corrected chi connectivity index (χ4v) is 4.16. The van der Waals surface area contributed by atoms with E-state index < -0.39 is 0 Å². The van der Waals surface area contributed by atoms with Crippen molar-refractivity contribution in [3.63, 3.8) is 0 Å². The summed E-state index contributed by atoms with van der Waals surface area (Å²) in [5.74, 6) is 1.13. The van der Waals surface area contributed by atoms with Gasteiger partial charge in [0, 0.05) is 36.6 Å². The Balaban J connectivity index is 1.44. The molecule has 6 nitrogen and oxygen atoms in total. The maximum absolute atomic E-state index is 13.1. The number of carbonyl (C=O) groups is 2. The lowest BCUT2D eigenvalue weighted by atomic mass is 10.1. The SMILES string of the molecule is CCN(Cc1ccc2c(c1)OCO2)C(=O)[C@@H]1CC(=O)N(c2ccc(SC)cc2)C1. The smallest absolute Gasteiger partial charge is 0.231 e. The van der Waals surface area contributed by atoms with E-state index in [2.05, 4.69) is 0 Å². The standard InChI is InChI=1S/C22H24N2O4S/c1-3-23(12-15-4-9-19-20(10-15)28-14-27-19)22(26)16-11-21(25)24(13-16)17-5-7-18(29-2)8-6-17/h4-10,16H,3,11-14H2,1-2H3/t16-/m1/s1. The first-order valence-electron chi connectivity index (χ1n) is 9.70. The fraction of sp³-hybridized carbons (Fsp3) is 0.364. The van der Waals surface area contributed by atoms with Crippen LogP contribution in [0, 0.1) is 5.92 Å². The Bertz CT molecular complexity index is 916. The highest BCUT2D eigenvalue weighted by Crippen LogP contribution is 2.33. The van der Waals surface area contributed by atoms with Gasteiger partial charge in [0.25, 0.3) is 0 Å². The molecule has 2 aliphatic heterocycles. The normalized spacial score (nSPS) is 17.7. The first-order valence-corrected chi connectivity index (χ1v) is 10.9. The number of carbonyl (C=O) groups excluding carboxylic acids is 2. The average molecular weight is 413 g/mol. The molecule has 0 unspecified atom stereocenters. The van der Waals surface area contributed by atoms with Crippen molar-refractivity contribution in [3.8, 4) is 11.5 Å². The van der Waals surface area contributed by atoms with Crippen molar-refractivity contribution in [2.75, 3.05) is 31.0 Å². The van der Waals surface area contributed by atoms with Crippen LogP contribution < -0.4 is 14.4 Å². The number of anilines is 1. The summed E-state index contributed by atoms with van der Waals surface area (Å²) in [5.41, 5.74) is 1.83. The Hall–Kier alpha value is -2.67. The van der Waals surface area contributed by atoms with Crippen molar-refractivity contribution in [2.45, 2.75) is 24.8 Å². The molecule has 2 amide bonds. The first-order chi connectivity index (χ1) is 14.1. The number of amides is 2. The van der Waals surface area contributed by atoms with Crippen LogP contribution in [0.5, 0.6) is 11.5 Å². The second kappa shape index (κ2) is 8.37. The number of nitrogens with zero attached hydrogens (tertiary/aromatic N) is 2. The molecule has 0 bridgehead atoms. The zero-order valence-corrected chi connectivity index (χ0v) is 17.4. The zero-order chi connectivity index (χ0) is 20.4. The number of fused-ring (bicyclic) bond motifs is 1. The number of hydrogen-bond donors (Lipinski definition) is 0. The third-order valence-corrected chi connectivity index (χ3v) is 6.11. The summed E-state index contributed by atoms with van der Waals surface area (Å²) >= 11 is 1.66. The Labute approximate surface area is 174 Å². The minimum Gasteiger partial charge on any atom is -0.454 e. The summed E-state index contributed by atoms with van der Waals surface area (Å²) in [6.07, 6.45) is 2.27. The molecule has 0 N–H and O–H groups in total. The van der Waals surface area contributed by atoms with Gasteiger partial charge in [-0.15, -0.1) is 11.8 Å². The third kappa shape index (κ3) is 4.05. The second-order valence-corrected chi connectivity index (χ2v) is 8.02. The molecule has 0 saturated carbocycles. The molecule has 152 valence electrons. The lowest BCUT2D eigenvalue weighted by Crippen LogP contribution is -2.37. The van der Waals surface area contributed by atoms with Crippen LogP contribution in [0.4, 0.5) is 5.69 Å². The number of rotatable bonds is 6. The summed E-state index contributed by atoms with van der Waals surface area (Å²) in [5, 5.41) is 0. The van der Waals surface area contributed by atoms with Gasteiger partial charge in [0.05, 0.1) is 5.92 Å². The summed E-state index contributed by atoms with van der Waals surface area (Å²) in [6.45, 7) is 3.68. The van der Waals surface area contributed by atoms with Crippen LogP contribution in [0.25, 0.3) is 0 Å². The lowest BCUT2D eigenvalue weighted by Gasteiger charge is -2.24. The van der Waals surface area contributed by atoms with E-state index in [9.17, 15) is 9.59 Å². The third-order valence-electron chi connectivity index (χ3n) is 5.36. The Morgan fingerprint density at radius 1 is 1.17 bits per heavy atom. The van der Waals surface area contributed by atoms with Gasteiger partial charge in [-0.25, -0.2) is 0 Å². The maximum Gasteiger partial charge on any atom is 0.231 e. The summed E-state index contributed by atoms with van der Waals surface area (Å²) in [4.78, 5) is 30.4. The number of hydrogen-bond acceptors (Lipinski definition) is 5. The minimum atomic E-state index is -0.323. The van der Waals surface area contributed by atoms with Crippen LogP contribution in [-0.2, 0) is 16.1 Å². The largest absolute Gasteiger partial charge is 0.454 e. The lowest BCUT2D eigenvalue weighted by molar-refractivity contribution is -0.136. The first kappa shape index (κ1) is 19.6. The Morgan fingerprint density at radius 3 is 2.66 bits per heavy atom. The molecule has 0 spiro atoms. The predicted molar refractivity (Wildman–Crippen MR) is 112 cm³/mol. The van der Waals surface area contributed by atoms with E-state index in [-0.39, 0.29) is 30.9 Å². The maximum atomic E-state index is 13.1. The molecular formula is C22H24N2O4S. The molecule has 0 radical (unpaired) electrons. The van der Waals surface area contributed by atoms with Crippen LogP contribution in [0.1, 0.15) is 18.9 Å². The van der Waals surface area contributed by atoms with E-state index in [0.29, 0.717) is 25.4 Å². The van der Waals surface area contributed by atoms with E-state index in [1.807, 2.05) is 55.6 Å². The van der Waals surface area contributed by atoms with Crippen molar-refractivity contribution < 1.29 is 19.1 Å². The van der Waals surface area contributed by atoms with Gasteiger partial charge in [0.2, 0.25) is 18.6 Å². The monoisotopic (exact) mass is 412 g/mol. The quantitative estimate of drug-likeness (QED) is 0.680. The molecular weight excluding hydrogens is 388 g/mol. The molecule has 1 saturated heterocycles. The van der Waals surface area contributed by atoms with Crippen molar-refractivity contribution in [3.05, 3.63) is 48.0 Å². The number of ether oxygens (including phenoxy) is 2. The molecule has 29 heavy (non-hydrogen) atoms. The van der Waals surface area contributed by atoms with Crippen LogP contribution >= 0.6 is 11.8 Å². The van der Waals surface area contributed by atoms with Gasteiger partial charge < -0.3 is 19.3 Å². The van der Waals surface area contributed by atoms with E-state index in [0.717, 1.165) is 21.9 Å². The molecule has 0 aliphatic carbocycles. The molecule has 0 aromatic heterocycles. The molecule has 4 rings (SSSR count). The van der Waals surface area contributed by atoms with Crippen molar-refractivity contribution in [1.29, 1.82) is 0 Å². The zero-order valence-electron chi connectivity index (χ0n) is 16.6. The van der Waals surface area contributed by atoms with Gasteiger partial charge in [-0.05, 0) is 55.1 Å². The van der Waals surface area contributed by atoms with Crippen LogP contribution in [0.2, 0.25) is 0 Å². The molecule has 7 heteroatoms. The van der Waals surface area contributed by atoms with E-state index in [1.54, 1.807) is 21.6 Å². The van der Waals surface area contributed by atoms with E-state index in [1.165, 1.54) is 0 Å². The predicted octanol–water partition coefficient (Wildman–Crippen LogP) is 3.54. The molecule has 2 aliphatic rings. The molecule has 2 aromatic carbocycles. The summed E-state index contributed by atoms with van der Waals surface area (Å²) in [7, 11) is 0. The average Bonchev–Trinajstić information content (AvgIpc) is 3.37. The van der Waals surface area contributed by atoms with Gasteiger partial charge >= 0.3 is 0 Å². The van der Waals surface area contributed by atoms with Gasteiger partial charge in [-0.3, -0.25) is 9.59 Å². The fourth-order valence-electron chi connectivity index (χ4n) is 3.75.